The molecule has 0 unspecified atom stereocenters. The molecule has 0 amide bonds. The molecule has 27 heavy (non-hydrogen) atoms. The molecule has 144 valence electrons. The van der Waals surface area contributed by atoms with Crippen LogP contribution in [0.2, 0.25) is 0 Å². The van der Waals surface area contributed by atoms with E-state index in [4.69, 9.17) is 0 Å². The number of carbonyl (C=O) groups excluding carboxylic acids is 1. The number of benzene rings is 2. The van der Waals surface area contributed by atoms with E-state index in [0.717, 1.165) is 25.3 Å². The first-order chi connectivity index (χ1) is 12.6. The Bertz CT molecular complexity index is 951. The van der Waals surface area contributed by atoms with Crippen LogP contribution in [0.15, 0.2) is 59.5 Å². The highest BCUT2D eigenvalue weighted by Gasteiger charge is 2.36. The summed E-state index contributed by atoms with van der Waals surface area (Å²) in [4.78, 5) is 10.9. The number of hydrogen-bond acceptors (Lipinski definition) is 4. The van der Waals surface area contributed by atoms with Gasteiger partial charge in [-0.2, -0.15) is 13.2 Å². The second-order valence-corrected chi connectivity index (χ2v) is 7.38. The van der Waals surface area contributed by atoms with Gasteiger partial charge in [0.25, 0.3) is 10.0 Å². The zero-order chi connectivity index (χ0) is 20.2. The SMILES string of the molecule is COC(=O)/C=C/c1ccc(S(=O)(=O)N(C)c2ccccc2C(F)(F)F)cc1. The molecule has 0 aromatic heterocycles. The van der Waals surface area contributed by atoms with Crippen molar-refractivity contribution in [3.8, 4) is 0 Å². The Morgan fingerprint density at radius 2 is 1.67 bits per heavy atom. The maximum absolute atomic E-state index is 13.2. The van der Waals surface area contributed by atoms with Crippen LogP contribution in [0.3, 0.4) is 0 Å². The van der Waals surface area contributed by atoms with Gasteiger partial charge in [-0.1, -0.05) is 24.3 Å². The lowest BCUT2D eigenvalue weighted by atomic mass is 10.2. The number of esters is 1. The summed E-state index contributed by atoms with van der Waals surface area (Å²) in [6, 6.07) is 9.78. The Morgan fingerprint density at radius 3 is 2.22 bits per heavy atom. The Labute approximate surface area is 154 Å². The van der Waals surface area contributed by atoms with Gasteiger partial charge >= 0.3 is 12.1 Å². The molecule has 0 saturated heterocycles. The number of sulfonamides is 1. The highest BCUT2D eigenvalue weighted by atomic mass is 32.2. The van der Waals surface area contributed by atoms with Crippen molar-refractivity contribution in [1.29, 1.82) is 0 Å². The Hall–Kier alpha value is -2.81. The number of anilines is 1. The summed E-state index contributed by atoms with van der Waals surface area (Å²) >= 11 is 0. The molecule has 2 rings (SSSR count). The maximum Gasteiger partial charge on any atom is 0.418 e. The fourth-order valence-electron chi connectivity index (χ4n) is 2.26. The number of rotatable bonds is 5. The summed E-state index contributed by atoms with van der Waals surface area (Å²) in [6.45, 7) is 0. The van der Waals surface area contributed by atoms with Gasteiger partial charge in [0.05, 0.1) is 23.3 Å². The molecule has 0 aliphatic heterocycles. The van der Waals surface area contributed by atoms with E-state index in [1.165, 1.54) is 49.6 Å². The summed E-state index contributed by atoms with van der Waals surface area (Å²) in [5.41, 5.74) is -0.994. The van der Waals surface area contributed by atoms with Crippen molar-refractivity contribution >= 4 is 27.8 Å². The Morgan fingerprint density at radius 1 is 1.07 bits per heavy atom. The third kappa shape index (κ3) is 4.68. The van der Waals surface area contributed by atoms with Crippen LogP contribution in [0.5, 0.6) is 0 Å². The van der Waals surface area contributed by atoms with Crippen LogP contribution >= 0.6 is 0 Å². The first kappa shape index (κ1) is 20.5. The van der Waals surface area contributed by atoms with Crippen molar-refractivity contribution in [2.75, 3.05) is 18.5 Å². The summed E-state index contributed by atoms with van der Waals surface area (Å²) in [5, 5.41) is 0. The van der Waals surface area contributed by atoms with Crippen LogP contribution in [-0.4, -0.2) is 28.5 Å². The summed E-state index contributed by atoms with van der Waals surface area (Å²) in [7, 11) is -1.93. The maximum atomic E-state index is 13.2. The van der Waals surface area contributed by atoms with E-state index in [0.29, 0.717) is 9.87 Å². The highest BCUT2D eigenvalue weighted by Crippen LogP contribution is 2.37. The van der Waals surface area contributed by atoms with Crippen LogP contribution in [0.4, 0.5) is 18.9 Å². The van der Waals surface area contributed by atoms with E-state index >= 15 is 0 Å². The van der Waals surface area contributed by atoms with Crippen LogP contribution in [-0.2, 0) is 25.7 Å². The molecule has 0 aliphatic rings. The summed E-state index contributed by atoms with van der Waals surface area (Å²) < 4.78 is 69.9. The standard InChI is InChI=1S/C18H16F3NO4S/c1-22(16-6-4-3-5-15(16)18(19,20)21)27(24,25)14-10-7-13(8-11-14)9-12-17(23)26-2/h3-12H,1-2H3/b12-9+. The first-order valence-corrected chi connectivity index (χ1v) is 9.02. The first-order valence-electron chi connectivity index (χ1n) is 7.58. The lowest BCUT2D eigenvalue weighted by molar-refractivity contribution is -0.137. The van der Waals surface area contributed by atoms with Crippen molar-refractivity contribution in [3.05, 3.63) is 65.7 Å². The summed E-state index contributed by atoms with van der Waals surface area (Å²) in [6.07, 6.45) is -2.11. The number of para-hydroxylation sites is 1. The van der Waals surface area contributed by atoms with Crippen LogP contribution < -0.4 is 4.31 Å². The number of carbonyl (C=O) groups is 1. The lowest BCUT2D eigenvalue weighted by Crippen LogP contribution is -2.28. The van der Waals surface area contributed by atoms with Gasteiger partial charge in [0.15, 0.2) is 0 Å². The molecular formula is C18H16F3NO4S. The van der Waals surface area contributed by atoms with Crippen molar-refractivity contribution in [3.63, 3.8) is 0 Å². The lowest BCUT2D eigenvalue weighted by Gasteiger charge is -2.23. The van der Waals surface area contributed by atoms with Crippen LogP contribution in [0, 0.1) is 0 Å². The average Bonchev–Trinajstić information content (AvgIpc) is 2.65. The molecule has 0 aliphatic carbocycles. The molecule has 9 heteroatoms. The van der Waals surface area contributed by atoms with Gasteiger partial charge in [0.2, 0.25) is 0 Å². The van der Waals surface area contributed by atoms with Crippen molar-refractivity contribution < 1.29 is 31.1 Å². The van der Waals surface area contributed by atoms with Crippen LogP contribution in [0.1, 0.15) is 11.1 Å². The number of alkyl halides is 3. The van der Waals surface area contributed by atoms with E-state index in [-0.39, 0.29) is 4.90 Å². The van der Waals surface area contributed by atoms with E-state index in [1.807, 2.05) is 0 Å². The zero-order valence-corrected chi connectivity index (χ0v) is 15.2. The van der Waals surface area contributed by atoms with Crippen molar-refractivity contribution in [2.24, 2.45) is 0 Å². The molecule has 0 radical (unpaired) electrons. The Kier molecular flexibility index (Phi) is 5.94. The highest BCUT2D eigenvalue weighted by molar-refractivity contribution is 7.92. The van der Waals surface area contributed by atoms with Gasteiger partial charge in [-0.25, -0.2) is 13.2 Å². The van der Waals surface area contributed by atoms with Crippen molar-refractivity contribution in [2.45, 2.75) is 11.1 Å². The second kappa shape index (κ2) is 7.83. The molecule has 2 aromatic carbocycles. The fourth-order valence-corrected chi connectivity index (χ4v) is 3.47. The number of ether oxygens (including phenoxy) is 1. The van der Waals surface area contributed by atoms with Gasteiger partial charge in [0, 0.05) is 13.1 Å². The smallest absolute Gasteiger partial charge is 0.418 e. The molecular weight excluding hydrogens is 383 g/mol. The molecule has 0 N–H and O–H groups in total. The zero-order valence-electron chi connectivity index (χ0n) is 14.4. The monoisotopic (exact) mass is 399 g/mol. The topological polar surface area (TPSA) is 63.7 Å². The van der Waals surface area contributed by atoms with E-state index in [1.54, 1.807) is 0 Å². The average molecular weight is 399 g/mol. The largest absolute Gasteiger partial charge is 0.466 e. The van der Waals surface area contributed by atoms with Gasteiger partial charge in [-0.3, -0.25) is 4.31 Å². The summed E-state index contributed by atoms with van der Waals surface area (Å²) in [5.74, 6) is -0.574. The molecule has 0 bridgehead atoms. The predicted molar refractivity (Wildman–Crippen MR) is 94.5 cm³/mol. The minimum atomic E-state index is -4.69. The number of hydrogen-bond donors (Lipinski definition) is 0. The molecule has 5 nitrogen and oxygen atoms in total. The van der Waals surface area contributed by atoms with Gasteiger partial charge < -0.3 is 4.74 Å². The molecule has 0 saturated carbocycles. The Balaban J connectivity index is 2.36. The quantitative estimate of drug-likeness (QED) is 0.568. The van der Waals surface area contributed by atoms with E-state index < -0.39 is 33.4 Å². The predicted octanol–water partition coefficient (Wildman–Crippen LogP) is 3.72. The molecule has 0 atom stereocenters. The van der Waals surface area contributed by atoms with E-state index in [9.17, 15) is 26.4 Å². The minimum absolute atomic E-state index is 0.183. The normalized spacial score (nSPS) is 12.2. The third-order valence-corrected chi connectivity index (χ3v) is 5.49. The fraction of sp³-hybridized carbons (Fsp3) is 0.167. The van der Waals surface area contributed by atoms with Gasteiger partial charge in [0.1, 0.15) is 0 Å². The van der Waals surface area contributed by atoms with Gasteiger partial charge in [-0.05, 0) is 35.9 Å². The molecule has 0 spiro atoms. The number of methoxy groups -OCH3 is 1. The molecule has 0 heterocycles. The van der Waals surface area contributed by atoms with Gasteiger partial charge in [-0.15, -0.1) is 0 Å². The third-order valence-electron chi connectivity index (χ3n) is 3.70. The minimum Gasteiger partial charge on any atom is -0.466 e. The molecule has 2 aromatic rings. The second-order valence-electron chi connectivity index (χ2n) is 5.41. The number of halogens is 3. The van der Waals surface area contributed by atoms with E-state index in [2.05, 4.69) is 4.74 Å². The van der Waals surface area contributed by atoms with Crippen LogP contribution in [0.25, 0.3) is 6.08 Å². The van der Waals surface area contributed by atoms with Crippen molar-refractivity contribution in [1.82, 2.24) is 0 Å². The number of nitrogens with zero attached hydrogens (tertiary/aromatic N) is 1. The molecule has 0 fully saturated rings.